The lowest BCUT2D eigenvalue weighted by atomic mass is 10.3. The fourth-order valence-corrected chi connectivity index (χ4v) is 1.40. The van der Waals surface area contributed by atoms with Crippen molar-refractivity contribution in [3.63, 3.8) is 0 Å². The van der Waals surface area contributed by atoms with Crippen LogP contribution in [0, 0.1) is 11.3 Å². The van der Waals surface area contributed by atoms with E-state index in [9.17, 15) is 8.42 Å². The van der Waals surface area contributed by atoms with Gasteiger partial charge >= 0.3 is 10.1 Å². The van der Waals surface area contributed by atoms with Gasteiger partial charge in [-0.05, 0) is 13.0 Å². The zero-order valence-corrected chi connectivity index (χ0v) is 9.34. The number of rotatable bonds is 3. The molecule has 0 unspecified atom stereocenters. The number of nitriles is 1. The summed E-state index contributed by atoms with van der Waals surface area (Å²) in [6, 6.07) is 4.42. The molecule has 15 heavy (non-hydrogen) atoms. The SMILES string of the molecule is CCS(=O)(=O)Oc1ccc(C#N)c(Cl)n1. The third-order valence-electron chi connectivity index (χ3n) is 1.51. The molecule has 1 aromatic heterocycles. The van der Waals surface area contributed by atoms with E-state index in [1.54, 1.807) is 6.07 Å². The Bertz CT molecular complexity index is 507. The lowest BCUT2D eigenvalue weighted by Gasteiger charge is -2.03. The van der Waals surface area contributed by atoms with Crippen molar-refractivity contribution in [2.45, 2.75) is 6.92 Å². The molecule has 0 bridgehead atoms. The summed E-state index contributed by atoms with van der Waals surface area (Å²) in [4.78, 5) is 3.62. The van der Waals surface area contributed by atoms with Gasteiger partial charge in [0.25, 0.3) is 0 Å². The summed E-state index contributed by atoms with van der Waals surface area (Å²) in [5, 5.41) is 8.47. The first-order valence-corrected chi connectivity index (χ1v) is 5.93. The normalized spacial score (nSPS) is 10.7. The number of hydrogen-bond donors (Lipinski definition) is 0. The van der Waals surface area contributed by atoms with Gasteiger partial charge in [-0.3, -0.25) is 0 Å². The minimum Gasteiger partial charge on any atom is -0.362 e. The fourth-order valence-electron chi connectivity index (χ4n) is 0.736. The molecular formula is C8H7ClN2O3S. The molecule has 0 atom stereocenters. The molecule has 0 radical (unpaired) electrons. The molecule has 0 N–H and O–H groups in total. The van der Waals surface area contributed by atoms with E-state index in [0.29, 0.717) is 0 Å². The van der Waals surface area contributed by atoms with E-state index in [0.717, 1.165) is 0 Å². The minimum atomic E-state index is -3.61. The average Bonchev–Trinajstić information content (AvgIpc) is 2.17. The zero-order valence-electron chi connectivity index (χ0n) is 7.77. The molecule has 1 aromatic rings. The number of nitrogens with zero attached hydrogens (tertiary/aromatic N) is 2. The number of hydrogen-bond acceptors (Lipinski definition) is 5. The van der Waals surface area contributed by atoms with Crippen molar-refractivity contribution in [1.29, 1.82) is 5.26 Å². The van der Waals surface area contributed by atoms with Crippen molar-refractivity contribution in [2.24, 2.45) is 0 Å². The molecule has 0 saturated carbocycles. The summed E-state index contributed by atoms with van der Waals surface area (Å²) in [7, 11) is -3.61. The maximum atomic E-state index is 11.1. The van der Waals surface area contributed by atoms with Gasteiger partial charge in [0.15, 0.2) is 5.15 Å². The second-order valence-corrected chi connectivity index (χ2v) is 4.75. The lowest BCUT2D eigenvalue weighted by Crippen LogP contribution is -2.12. The van der Waals surface area contributed by atoms with Crippen LogP contribution in [0.4, 0.5) is 0 Å². The number of pyridine rings is 1. The van der Waals surface area contributed by atoms with Crippen LogP contribution >= 0.6 is 11.6 Å². The van der Waals surface area contributed by atoms with Gasteiger partial charge in [0.1, 0.15) is 6.07 Å². The molecule has 1 rings (SSSR count). The Kier molecular flexibility index (Phi) is 3.50. The van der Waals surface area contributed by atoms with E-state index in [4.69, 9.17) is 16.9 Å². The highest BCUT2D eigenvalue weighted by atomic mass is 35.5. The molecule has 7 heteroatoms. The molecule has 0 aliphatic rings. The van der Waals surface area contributed by atoms with Crippen molar-refractivity contribution < 1.29 is 12.6 Å². The Morgan fingerprint density at radius 1 is 1.60 bits per heavy atom. The fraction of sp³-hybridized carbons (Fsp3) is 0.250. The van der Waals surface area contributed by atoms with Gasteiger partial charge in [0, 0.05) is 6.07 Å². The third-order valence-corrected chi connectivity index (χ3v) is 2.93. The second kappa shape index (κ2) is 4.47. The Morgan fingerprint density at radius 2 is 2.27 bits per heavy atom. The van der Waals surface area contributed by atoms with E-state index < -0.39 is 10.1 Å². The molecule has 0 aromatic carbocycles. The monoisotopic (exact) mass is 246 g/mol. The summed E-state index contributed by atoms with van der Waals surface area (Å²) >= 11 is 5.59. The van der Waals surface area contributed by atoms with E-state index in [-0.39, 0.29) is 22.3 Å². The molecular weight excluding hydrogens is 240 g/mol. The van der Waals surface area contributed by atoms with Crippen LogP contribution in [0.2, 0.25) is 5.15 Å². The van der Waals surface area contributed by atoms with E-state index in [1.165, 1.54) is 19.1 Å². The van der Waals surface area contributed by atoms with Gasteiger partial charge in [0.2, 0.25) is 5.88 Å². The Labute approximate surface area is 92.4 Å². The van der Waals surface area contributed by atoms with Crippen LogP contribution in [-0.2, 0) is 10.1 Å². The van der Waals surface area contributed by atoms with Crippen LogP contribution in [0.3, 0.4) is 0 Å². The first-order valence-electron chi connectivity index (χ1n) is 3.97. The predicted molar refractivity (Wildman–Crippen MR) is 54.1 cm³/mol. The standard InChI is InChI=1S/C8H7ClN2O3S/c1-2-15(12,13)14-7-4-3-6(5-10)8(9)11-7/h3-4H,2H2,1H3. The van der Waals surface area contributed by atoms with Gasteiger partial charge in [-0.1, -0.05) is 11.6 Å². The summed E-state index contributed by atoms with van der Waals surface area (Å²) in [5.74, 6) is -0.299. The second-order valence-electron chi connectivity index (χ2n) is 2.53. The van der Waals surface area contributed by atoms with Crippen molar-refractivity contribution in [3.05, 3.63) is 22.8 Å². The Morgan fingerprint density at radius 3 is 2.73 bits per heavy atom. The summed E-state index contributed by atoms with van der Waals surface area (Å²) in [6.45, 7) is 1.45. The highest BCUT2D eigenvalue weighted by Gasteiger charge is 2.11. The van der Waals surface area contributed by atoms with Gasteiger partial charge in [0.05, 0.1) is 11.3 Å². The largest absolute Gasteiger partial charge is 0.362 e. The van der Waals surface area contributed by atoms with Crippen molar-refractivity contribution in [1.82, 2.24) is 4.98 Å². The van der Waals surface area contributed by atoms with Crippen LogP contribution < -0.4 is 4.18 Å². The first kappa shape index (κ1) is 11.8. The van der Waals surface area contributed by atoms with Crippen LogP contribution in [-0.4, -0.2) is 19.2 Å². The molecule has 80 valence electrons. The van der Waals surface area contributed by atoms with E-state index in [2.05, 4.69) is 9.17 Å². The Hall–Kier alpha value is -1.32. The topological polar surface area (TPSA) is 80.0 Å². The van der Waals surface area contributed by atoms with Crippen LogP contribution in [0.25, 0.3) is 0 Å². The maximum Gasteiger partial charge on any atom is 0.310 e. The molecule has 0 aliphatic heterocycles. The number of halogens is 1. The summed E-state index contributed by atoms with van der Waals surface area (Å²) in [5.41, 5.74) is 0.165. The van der Waals surface area contributed by atoms with Gasteiger partial charge < -0.3 is 4.18 Å². The highest BCUT2D eigenvalue weighted by molar-refractivity contribution is 7.87. The molecule has 0 fully saturated rings. The number of aromatic nitrogens is 1. The summed E-state index contributed by atoms with van der Waals surface area (Å²) < 4.78 is 26.7. The zero-order chi connectivity index (χ0) is 11.5. The lowest BCUT2D eigenvalue weighted by molar-refractivity contribution is 0.477. The molecule has 0 aliphatic carbocycles. The van der Waals surface area contributed by atoms with Crippen LogP contribution in [0.15, 0.2) is 12.1 Å². The first-order chi connectivity index (χ1) is 6.98. The van der Waals surface area contributed by atoms with Gasteiger partial charge in [-0.2, -0.15) is 18.7 Å². The van der Waals surface area contributed by atoms with E-state index >= 15 is 0 Å². The van der Waals surface area contributed by atoms with E-state index in [1.807, 2.05) is 0 Å². The minimum absolute atomic E-state index is 0.0821. The summed E-state index contributed by atoms with van der Waals surface area (Å²) in [6.07, 6.45) is 0. The van der Waals surface area contributed by atoms with Crippen molar-refractivity contribution >= 4 is 21.7 Å². The van der Waals surface area contributed by atoms with Gasteiger partial charge in [-0.15, -0.1) is 0 Å². The van der Waals surface area contributed by atoms with Crippen LogP contribution in [0.1, 0.15) is 12.5 Å². The Balaban J connectivity index is 3.01. The van der Waals surface area contributed by atoms with Crippen molar-refractivity contribution in [3.8, 4) is 11.9 Å². The quantitative estimate of drug-likeness (QED) is 0.594. The third kappa shape index (κ3) is 3.08. The van der Waals surface area contributed by atoms with Gasteiger partial charge in [-0.25, -0.2) is 0 Å². The molecule has 1 heterocycles. The predicted octanol–water partition coefficient (Wildman–Crippen LogP) is 1.34. The molecule has 0 saturated heterocycles. The van der Waals surface area contributed by atoms with Crippen molar-refractivity contribution in [2.75, 3.05) is 5.75 Å². The van der Waals surface area contributed by atoms with Crippen LogP contribution in [0.5, 0.6) is 5.88 Å². The molecule has 0 spiro atoms. The maximum absolute atomic E-state index is 11.1. The average molecular weight is 247 g/mol. The molecule has 5 nitrogen and oxygen atoms in total. The highest BCUT2D eigenvalue weighted by Crippen LogP contribution is 2.18. The molecule has 0 amide bonds. The smallest absolute Gasteiger partial charge is 0.310 e.